The third kappa shape index (κ3) is 4.53. The molecule has 2 amide bonds. The average Bonchev–Trinajstić information content (AvgIpc) is 3.14. The van der Waals surface area contributed by atoms with Crippen LogP contribution in [-0.4, -0.2) is 18.4 Å². The molecule has 2 atom stereocenters. The molecule has 108 valence electrons. The second kappa shape index (κ2) is 6.75. The zero-order valence-electron chi connectivity index (χ0n) is 11.5. The number of carbonyl (C=O) groups is 2. The molecule has 0 heterocycles. The fourth-order valence-corrected chi connectivity index (χ4v) is 2.27. The summed E-state index contributed by atoms with van der Waals surface area (Å²) >= 11 is 5.87. The van der Waals surface area contributed by atoms with E-state index >= 15 is 0 Å². The predicted molar refractivity (Wildman–Crippen MR) is 78.2 cm³/mol. The first-order valence-corrected chi connectivity index (χ1v) is 7.23. The SMILES string of the molecule is C[C@@H]1C[C@@H]1C(=O)NCCC(=O)NCc1cccc(Cl)c1. The molecule has 1 aliphatic rings. The lowest BCUT2D eigenvalue weighted by Gasteiger charge is -2.07. The van der Waals surface area contributed by atoms with Gasteiger partial charge in [0.15, 0.2) is 0 Å². The summed E-state index contributed by atoms with van der Waals surface area (Å²) in [5.41, 5.74) is 0.960. The summed E-state index contributed by atoms with van der Waals surface area (Å²) in [5, 5.41) is 6.25. The lowest BCUT2D eigenvalue weighted by atomic mass is 10.2. The van der Waals surface area contributed by atoms with E-state index in [0.29, 0.717) is 30.5 Å². The van der Waals surface area contributed by atoms with Gasteiger partial charge in [0.1, 0.15) is 0 Å². The van der Waals surface area contributed by atoms with Crippen molar-refractivity contribution in [3.63, 3.8) is 0 Å². The Kier molecular flexibility index (Phi) is 5.01. The smallest absolute Gasteiger partial charge is 0.223 e. The first kappa shape index (κ1) is 14.9. The fraction of sp³-hybridized carbons (Fsp3) is 0.467. The van der Waals surface area contributed by atoms with E-state index in [1.165, 1.54) is 0 Å². The number of halogens is 1. The van der Waals surface area contributed by atoms with Gasteiger partial charge in [-0.15, -0.1) is 0 Å². The highest BCUT2D eigenvalue weighted by Gasteiger charge is 2.38. The third-order valence-electron chi connectivity index (χ3n) is 3.48. The van der Waals surface area contributed by atoms with Crippen LogP contribution in [-0.2, 0) is 16.1 Å². The maximum atomic E-state index is 11.6. The Labute approximate surface area is 123 Å². The summed E-state index contributed by atoms with van der Waals surface area (Å²) in [6.07, 6.45) is 1.26. The van der Waals surface area contributed by atoms with Gasteiger partial charge in [-0.1, -0.05) is 30.7 Å². The van der Waals surface area contributed by atoms with Gasteiger partial charge in [0, 0.05) is 30.5 Å². The van der Waals surface area contributed by atoms with E-state index in [4.69, 9.17) is 11.6 Å². The molecular formula is C15H19ClN2O2. The second-order valence-electron chi connectivity index (χ2n) is 5.27. The Morgan fingerprint density at radius 3 is 2.75 bits per heavy atom. The molecule has 1 aromatic rings. The normalized spacial score (nSPS) is 20.3. The molecule has 1 aromatic carbocycles. The van der Waals surface area contributed by atoms with Crippen LogP contribution in [0.3, 0.4) is 0 Å². The maximum Gasteiger partial charge on any atom is 0.223 e. The van der Waals surface area contributed by atoms with Crippen molar-refractivity contribution in [2.45, 2.75) is 26.3 Å². The van der Waals surface area contributed by atoms with Gasteiger partial charge >= 0.3 is 0 Å². The zero-order chi connectivity index (χ0) is 14.5. The minimum atomic E-state index is -0.0749. The van der Waals surface area contributed by atoms with Crippen LogP contribution in [0.25, 0.3) is 0 Å². The summed E-state index contributed by atoms with van der Waals surface area (Å²) in [5.74, 6) is 0.644. The summed E-state index contributed by atoms with van der Waals surface area (Å²) in [7, 11) is 0. The quantitative estimate of drug-likeness (QED) is 0.844. The van der Waals surface area contributed by atoms with Gasteiger partial charge < -0.3 is 10.6 Å². The van der Waals surface area contributed by atoms with Gasteiger partial charge in [-0.3, -0.25) is 9.59 Å². The van der Waals surface area contributed by atoms with E-state index < -0.39 is 0 Å². The molecule has 2 rings (SSSR count). The molecule has 1 saturated carbocycles. The van der Waals surface area contributed by atoms with Gasteiger partial charge in [-0.25, -0.2) is 0 Å². The highest BCUT2D eigenvalue weighted by atomic mass is 35.5. The maximum absolute atomic E-state index is 11.6. The van der Waals surface area contributed by atoms with Crippen molar-refractivity contribution < 1.29 is 9.59 Å². The molecule has 2 N–H and O–H groups in total. The predicted octanol–water partition coefficient (Wildman–Crippen LogP) is 2.12. The molecule has 1 fully saturated rings. The molecule has 1 aliphatic carbocycles. The average molecular weight is 295 g/mol. The molecule has 0 aliphatic heterocycles. The monoisotopic (exact) mass is 294 g/mol. The van der Waals surface area contributed by atoms with Crippen molar-refractivity contribution >= 4 is 23.4 Å². The molecule has 4 nitrogen and oxygen atoms in total. The highest BCUT2D eigenvalue weighted by Crippen LogP contribution is 2.37. The minimum Gasteiger partial charge on any atom is -0.355 e. The van der Waals surface area contributed by atoms with Crippen LogP contribution in [0.1, 0.15) is 25.3 Å². The van der Waals surface area contributed by atoms with Gasteiger partial charge in [0.25, 0.3) is 0 Å². The standard InChI is InChI=1S/C15H19ClN2O2/c1-10-7-13(10)15(20)17-6-5-14(19)18-9-11-3-2-4-12(16)8-11/h2-4,8,10,13H,5-7,9H2,1H3,(H,17,20)(H,18,19)/t10-,13+/m1/s1. The van der Waals surface area contributed by atoms with Crippen molar-refractivity contribution in [1.29, 1.82) is 0 Å². The van der Waals surface area contributed by atoms with Crippen LogP contribution in [0.15, 0.2) is 24.3 Å². The summed E-state index contributed by atoms with van der Waals surface area (Å²) < 4.78 is 0. The first-order valence-electron chi connectivity index (χ1n) is 6.85. The number of hydrogen-bond acceptors (Lipinski definition) is 2. The van der Waals surface area contributed by atoms with E-state index in [1.807, 2.05) is 18.2 Å². The van der Waals surface area contributed by atoms with Crippen LogP contribution in [0, 0.1) is 11.8 Å². The Bertz CT molecular complexity index is 504. The fourth-order valence-electron chi connectivity index (χ4n) is 2.05. The van der Waals surface area contributed by atoms with Crippen molar-refractivity contribution in [2.75, 3.05) is 6.54 Å². The molecule has 20 heavy (non-hydrogen) atoms. The highest BCUT2D eigenvalue weighted by molar-refractivity contribution is 6.30. The number of amides is 2. The largest absolute Gasteiger partial charge is 0.355 e. The lowest BCUT2D eigenvalue weighted by molar-refractivity contribution is -0.123. The third-order valence-corrected chi connectivity index (χ3v) is 3.71. The van der Waals surface area contributed by atoms with Crippen LogP contribution in [0.5, 0.6) is 0 Å². The first-order chi connectivity index (χ1) is 9.56. The van der Waals surface area contributed by atoms with Gasteiger partial charge in [-0.2, -0.15) is 0 Å². The number of rotatable bonds is 6. The van der Waals surface area contributed by atoms with E-state index in [-0.39, 0.29) is 17.7 Å². The Morgan fingerprint density at radius 2 is 2.10 bits per heavy atom. The molecule has 0 unspecified atom stereocenters. The van der Waals surface area contributed by atoms with Gasteiger partial charge in [0.05, 0.1) is 0 Å². The summed E-state index contributed by atoms with van der Waals surface area (Å²) in [6, 6.07) is 7.36. The Morgan fingerprint density at radius 1 is 1.35 bits per heavy atom. The van der Waals surface area contributed by atoms with E-state index in [1.54, 1.807) is 6.07 Å². The van der Waals surface area contributed by atoms with Crippen molar-refractivity contribution in [3.8, 4) is 0 Å². The minimum absolute atomic E-state index is 0.0696. The van der Waals surface area contributed by atoms with Crippen molar-refractivity contribution in [3.05, 3.63) is 34.9 Å². The summed E-state index contributed by atoms with van der Waals surface area (Å²) in [4.78, 5) is 23.2. The number of carbonyl (C=O) groups excluding carboxylic acids is 2. The molecule has 5 heteroatoms. The Balaban J connectivity index is 1.62. The molecule has 0 radical (unpaired) electrons. The topological polar surface area (TPSA) is 58.2 Å². The van der Waals surface area contributed by atoms with Crippen LogP contribution in [0.2, 0.25) is 5.02 Å². The number of nitrogens with one attached hydrogen (secondary N) is 2. The molecule has 0 saturated heterocycles. The van der Waals surface area contributed by atoms with E-state index in [2.05, 4.69) is 17.6 Å². The van der Waals surface area contributed by atoms with Crippen molar-refractivity contribution in [1.82, 2.24) is 10.6 Å². The zero-order valence-corrected chi connectivity index (χ0v) is 12.2. The van der Waals surface area contributed by atoms with Crippen LogP contribution >= 0.6 is 11.6 Å². The van der Waals surface area contributed by atoms with Crippen LogP contribution < -0.4 is 10.6 Å². The van der Waals surface area contributed by atoms with Gasteiger partial charge in [-0.05, 0) is 30.0 Å². The molecule has 0 aromatic heterocycles. The van der Waals surface area contributed by atoms with Crippen molar-refractivity contribution in [2.24, 2.45) is 11.8 Å². The van der Waals surface area contributed by atoms with E-state index in [0.717, 1.165) is 12.0 Å². The second-order valence-corrected chi connectivity index (χ2v) is 5.70. The summed E-state index contributed by atoms with van der Waals surface area (Å²) in [6.45, 7) is 2.90. The number of benzene rings is 1. The number of hydrogen-bond donors (Lipinski definition) is 2. The van der Waals surface area contributed by atoms with Gasteiger partial charge in [0.2, 0.25) is 11.8 Å². The van der Waals surface area contributed by atoms with E-state index in [9.17, 15) is 9.59 Å². The molecular weight excluding hydrogens is 276 g/mol. The lowest BCUT2D eigenvalue weighted by Crippen LogP contribution is -2.31. The molecule has 0 bridgehead atoms. The Hall–Kier alpha value is -1.55. The molecule has 0 spiro atoms. The van der Waals surface area contributed by atoms with Crippen LogP contribution in [0.4, 0.5) is 0 Å².